The van der Waals surface area contributed by atoms with Crippen molar-refractivity contribution in [1.29, 1.82) is 0 Å². The van der Waals surface area contributed by atoms with Gasteiger partial charge in [0.25, 0.3) is 5.56 Å². The van der Waals surface area contributed by atoms with Gasteiger partial charge in [0.05, 0.1) is 21.8 Å². The third-order valence-corrected chi connectivity index (χ3v) is 8.19. The highest BCUT2D eigenvalue weighted by Crippen LogP contribution is 2.26. The van der Waals surface area contributed by atoms with Gasteiger partial charge < -0.3 is 0 Å². The smallest absolute Gasteiger partial charge is 0.261 e. The Balaban J connectivity index is 1.58. The molecule has 0 bridgehead atoms. The number of rotatable bonds is 4. The maximum absolute atomic E-state index is 13.2. The van der Waals surface area contributed by atoms with Gasteiger partial charge in [-0.05, 0) is 45.0 Å². The molecule has 0 amide bonds. The molecule has 0 spiro atoms. The summed E-state index contributed by atoms with van der Waals surface area (Å²) in [5.41, 5.74) is 1.64. The van der Waals surface area contributed by atoms with E-state index in [0.717, 1.165) is 5.56 Å². The first kappa shape index (κ1) is 21.7. The minimum atomic E-state index is -3.55. The highest BCUT2D eigenvalue weighted by Gasteiger charge is 2.36. The summed E-state index contributed by atoms with van der Waals surface area (Å²) in [6.07, 6.45) is 0. The number of piperazine rings is 1. The van der Waals surface area contributed by atoms with E-state index in [-0.39, 0.29) is 17.6 Å². The molecule has 2 atom stereocenters. The van der Waals surface area contributed by atoms with Gasteiger partial charge in [-0.2, -0.15) is 4.31 Å². The summed E-state index contributed by atoms with van der Waals surface area (Å²) in [5.74, 6) is 0.686. The van der Waals surface area contributed by atoms with E-state index in [0.29, 0.717) is 41.3 Å². The number of aryl methyl sites for hydroxylation is 1. The molecule has 0 N–H and O–H groups in total. The molecule has 3 aromatic rings. The normalized spacial score (nSPS) is 19.5. The zero-order valence-electron chi connectivity index (χ0n) is 18.3. The van der Waals surface area contributed by atoms with Crippen molar-refractivity contribution in [3.8, 4) is 0 Å². The average Bonchev–Trinajstić information content (AvgIpc) is 2.76. The number of benzene rings is 2. The average molecular weight is 441 g/mol. The largest absolute Gasteiger partial charge is 0.298 e. The molecule has 7 nitrogen and oxygen atoms in total. The molecule has 0 saturated carbocycles. The van der Waals surface area contributed by atoms with E-state index >= 15 is 0 Å². The first-order valence-corrected chi connectivity index (χ1v) is 11.9. The van der Waals surface area contributed by atoms with Crippen LogP contribution in [0, 0.1) is 6.92 Å². The number of nitrogens with zero attached hydrogens (tertiary/aromatic N) is 4. The summed E-state index contributed by atoms with van der Waals surface area (Å²) in [7, 11) is -1.80. The molecule has 2 heterocycles. The summed E-state index contributed by atoms with van der Waals surface area (Å²) >= 11 is 0. The molecule has 31 heavy (non-hydrogen) atoms. The van der Waals surface area contributed by atoms with Gasteiger partial charge in [0.1, 0.15) is 5.82 Å². The highest BCUT2D eigenvalue weighted by molar-refractivity contribution is 7.89. The number of fused-ring (bicyclic) bond motifs is 1. The summed E-state index contributed by atoms with van der Waals surface area (Å²) in [6.45, 7) is 7.41. The van der Waals surface area contributed by atoms with Crippen LogP contribution < -0.4 is 5.56 Å². The number of sulfonamides is 1. The van der Waals surface area contributed by atoms with Gasteiger partial charge >= 0.3 is 0 Å². The monoisotopic (exact) mass is 440 g/mol. The van der Waals surface area contributed by atoms with Gasteiger partial charge in [-0.1, -0.05) is 29.8 Å². The van der Waals surface area contributed by atoms with E-state index in [2.05, 4.69) is 4.90 Å². The lowest BCUT2D eigenvalue weighted by atomic mass is 10.1. The van der Waals surface area contributed by atoms with Gasteiger partial charge in [0, 0.05) is 32.7 Å². The van der Waals surface area contributed by atoms with Crippen LogP contribution in [-0.4, -0.2) is 52.9 Å². The summed E-state index contributed by atoms with van der Waals surface area (Å²) in [4.78, 5) is 20.1. The van der Waals surface area contributed by atoms with Crippen LogP contribution in [0.2, 0.25) is 0 Å². The third-order valence-electron chi connectivity index (χ3n) is 6.16. The molecule has 1 aliphatic rings. The molecular weight excluding hydrogens is 412 g/mol. The molecule has 2 unspecified atom stereocenters. The van der Waals surface area contributed by atoms with Gasteiger partial charge in [0.2, 0.25) is 10.0 Å². The fraction of sp³-hybridized carbons (Fsp3) is 0.391. The second-order valence-electron chi connectivity index (χ2n) is 8.30. The number of hydrogen-bond donors (Lipinski definition) is 0. The van der Waals surface area contributed by atoms with Crippen LogP contribution >= 0.6 is 0 Å². The first-order valence-electron chi connectivity index (χ1n) is 10.5. The summed E-state index contributed by atoms with van der Waals surface area (Å²) < 4.78 is 29.5. The molecule has 8 heteroatoms. The molecular formula is C23H28N4O3S. The van der Waals surface area contributed by atoms with E-state index < -0.39 is 10.0 Å². The quantitative estimate of drug-likeness (QED) is 0.624. The molecule has 4 rings (SSSR count). The lowest BCUT2D eigenvalue weighted by Gasteiger charge is -2.41. The SMILES string of the molecule is Cc1ccc(S(=O)(=O)N2CCN(C(C)c3nc4ccccc4c(=O)n3C)CC2C)cc1. The maximum atomic E-state index is 13.2. The zero-order chi connectivity index (χ0) is 22.3. The Labute approximate surface area is 183 Å². The predicted molar refractivity (Wildman–Crippen MR) is 122 cm³/mol. The molecule has 1 fully saturated rings. The third kappa shape index (κ3) is 3.91. The Morgan fingerprint density at radius 3 is 2.42 bits per heavy atom. The van der Waals surface area contributed by atoms with Crippen LogP contribution in [0.4, 0.5) is 0 Å². The summed E-state index contributed by atoms with van der Waals surface area (Å²) in [6, 6.07) is 14.0. The van der Waals surface area contributed by atoms with Gasteiger partial charge in [-0.15, -0.1) is 0 Å². The van der Waals surface area contributed by atoms with Crippen molar-refractivity contribution >= 4 is 20.9 Å². The highest BCUT2D eigenvalue weighted by atomic mass is 32.2. The molecule has 0 aliphatic carbocycles. The van der Waals surface area contributed by atoms with Crippen LogP contribution in [0.5, 0.6) is 0 Å². The molecule has 1 saturated heterocycles. The van der Waals surface area contributed by atoms with Crippen LogP contribution in [0.1, 0.15) is 31.3 Å². The molecule has 1 aromatic heterocycles. The van der Waals surface area contributed by atoms with Gasteiger partial charge in [0.15, 0.2) is 0 Å². The van der Waals surface area contributed by atoms with Crippen LogP contribution in [-0.2, 0) is 17.1 Å². The Bertz CT molecular complexity index is 1270. The van der Waals surface area contributed by atoms with E-state index in [9.17, 15) is 13.2 Å². The topological polar surface area (TPSA) is 75.5 Å². The summed E-state index contributed by atoms with van der Waals surface area (Å²) in [5, 5.41) is 0.600. The predicted octanol–water partition coefficient (Wildman–Crippen LogP) is 2.70. The Kier molecular flexibility index (Phi) is 5.72. The number of para-hydroxylation sites is 1. The molecule has 2 aromatic carbocycles. The van der Waals surface area contributed by atoms with E-state index in [4.69, 9.17) is 4.98 Å². The fourth-order valence-corrected chi connectivity index (χ4v) is 5.91. The molecule has 0 radical (unpaired) electrons. The van der Waals surface area contributed by atoms with E-state index in [1.165, 1.54) is 0 Å². The number of hydrogen-bond acceptors (Lipinski definition) is 5. The Hall–Kier alpha value is -2.55. The fourth-order valence-electron chi connectivity index (χ4n) is 4.30. The molecule has 164 valence electrons. The number of aromatic nitrogens is 2. The van der Waals surface area contributed by atoms with Crippen molar-refractivity contribution in [3.63, 3.8) is 0 Å². The second kappa shape index (κ2) is 8.18. The maximum Gasteiger partial charge on any atom is 0.261 e. The van der Waals surface area contributed by atoms with Crippen LogP contribution in [0.3, 0.4) is 0 Å². The van der Waals surface area contributed by atoms with E-state index in [1.807, 2.05) is 51.1 Å². The minimum Gasteiger partial charge on any atom is -0.298 e. The lowest BCUT2D eigenvalue weighted by Crippen LogP contribution is -2.54. The lowest BCUT2D eigenvalue weighted by molar-refractivity contribution is 0.104. The standard InChI is InChI=1S/C23H28N4O3S/c1-16-9-11-19(12-10-16)31(29,30)27-14-13-26(15-17(27)2)18(3)22-24-21-8-6-5-7-20(21)23(28)25(22)4/h5-12,17-18H,13-15H2,1-4H3. The Morgan fingerprint density at radius 2 is 1.74 bits per heavy atom. The van der Waals surface area contributed by atoms with Crippen molar-refractivity contribution in [1.82, 2.24) is 18.8 Å². The van der Waals surface area contributed by atoms with Gasteiger partial charge in [-0.3, -0.25) is 14.3 Å². The van der Waals surface area contributed by atoms with Crippen molar-refractivity contribution < 1.29 is 8.42 Å². The zero-order valence-corrected chi connectivity index (χ0v) is 19.1. The van der Waals surface area contributed by atoms with Crippen LogP contribution in [0.25, 0.3) is 10.9 Å². The van der Waals surface area contributed by atoms with Gasteiger partial charge in [-0.25, -0.2) is 13.4 Å². The van der Waals surface area contributed by atoms with Crippen molar-refractivity contribution in [3.05, 3.63) is 70.3 Å². The molecule has 1 aliphatic heterocycles. The Morgan fingerprint density at radius 1 is 1.06 bits per heavy atom. The van der Waals surface area contributed by atoms with Crippen molar-refractivity contribution in [2.75, 3.05) is 19.6 Å². The van der Waals surface area contributed by atoms with Crippen molar-refractivity contribution in [2.24, 2.45) is 7.05 Å². The second-order valence-corrected chi connectivity index (χ2v) is 10.2. The van der Waals surface area contributed by atoms with Crippen molar-refractivity contribution in [2.45, 2.75) is 37.8 Å². The van der Waals surface area contributed by atoms with E-state index in [1.54, 1.807) is 34.1 Å². The minimum absolute atomic E-state index is 0.0684. The first-order chi connectivity index (χ1) is 14.7. The van der Waals surface area contributed by atoms with Crippen LogP contribution in [0.15, 0.2) is 58.2 Å².